The molecule has 0 fully saturated rings. The fourth-order valence-corrected chi connectivity index (χ4v) is 3.15. The Labute approximate surface area is 173 Å². The van der Waals surface area contributed by atoms with Gasteiger partial charge in [-0.1, -0.05) is 48.0 Å². The van der Waals surface area contributed by atoms with Gasteiger partial charge >= 0.3 is 51.4 Å². The molecule has 0 saturated carbocycles. The number of methoxy groups -OCH3 is 1. The molecule has 110 valence electrons. The maximum Gasteiger partial charge on any atom is 1.00 e. The molecule has 22 heavy (non-hydrogen) atoms. The third kappa shape index (κ3) is 4.22. The van der Waals surface area contributed by atoms with E-state index in [-0.39, 0.29) is 61.8 Å². The van der Waals surface area contributed by atoms with E-state index in [1.165, 1.54) is 19.2 Å². The van der Waals surface area contributed by atoms with Crippen LogP contribution in [0.2, 0.25) is 0 Å². The monoisotopic (exact) mass is 342 g/mol. The van der Waals surface area contributed by atoms with Crippen molar-refractivity contribution in [3.05, 3.63) is 70.8 Å². The van der Waals surface area contributed by atoms with Crippen molar-refractivity contribution in [1.82, 2.24) is 0 Å². The van der Waals surface area contributed by atoms with Gasteiger partial charge in [0.25, 0.3) is 0 Å². The Morgan fingerprint density at radius 2 is 1.55 bits per heavy atom. The summed E-state index contributed by atoms with van der Waals surface area (Å²) in [5.74, 6) is -0.654. The minimum Gasteiger partial charge on any atom is -0.869 e. The Balaban J connectivity index is 0.00000242. The second-order valence-electron chi connectivity index (χ2n) is 4.50. The summed E-state index contributed by atoms with van der Waals surface area (Å²) in [4.78, 5) is 0.0363. The Morgan fingerprint density at radius 1 is 1.00 bits per heavy atom. The molecule has 0 aromatic heterocycles. The maximum atomic E-state index is 12.5. The standard InChI is InChI=1S/C16H16O4S.K/c1-12-8-10-14(11-9-12)21(18,19)16(20-2)15(17)13-6-4-3-5-7-13;/h3-11,17H,1-2H3;/q;+1/p-1/b16-15-;. The van der Waals surface area contributed by atoms with Gasteiger partial charge in [-0.2, -0.15) is 0 Å². The quantitative estimate of drug-likeness (QED) is 0.534. The van der Waals surface area contributed by atoms with Gasteiger partial charge in [0.2, 0.25) is 14.9 Å². The fourth-order valence-electron chi connectivity index (χ4n) is 1.86. The summed E-state index contributed by atoms with van der Waals surface area (Å²) in [6, 6.07) is 14.4. The van der Waals surface area contributed by atoms with Crippen LogP contribution in [0.4, 0.5) is 0 Å². The van der Waals surface area contributed by atoms with Crippen LogP contribution in [0.15, 0.2) is 64.6 Å². The molecule has 6 heteroatoms. The predicted molar refractivity (Wildman–Crippen MR) is 78.7 cm³/mol. The minimum atomic E-state index is -3.97. The van der Waals surface area contributed by atoms with E-state index in [0.717, 1.165) is 5.56 Å². The molecule has 2 aromatic rings. The number of aryl methyl sites for hydroxylation is 1. The Bertz CT molecular complexity index is 750. The van der Waals surface area contributed by atoms with E-state index < -0.39 is 20.7 Å². The average molecular weight is 342 g/mol. The second kappa shape index (κ2) is 8.28. The molecule has 0 unspecified atom stereocenters. The molecule has 2 rings (SSSR count). The first-order valence-corrected chi connectivity index (χ1v) is 7.77. The van der Waals surface area contributed by atoms with Crippen LogP contribution in [0.25, 0.3) is 5.76 Å². The van der Waals surface area contributed by atoms with E-state index in [1.807, 2.05) is 6.92 Å². The summed E-state index contributed by atoms with van der Waals surface area (Å²) in [6.07, 6.45) is 0. The van der Waals surface area contributed by atoms with E-state index in [1.54, 1.807) is 42.5 Å². The number of hydrogen-bond donors (Lipinski definition) is 0. The topological polar surface area (TPSA) is 66.4 Å². The van der Waals surface area contributed by atoms with Gasteiger partial charge in [0, 0.05) is 0 Å². The summed E-state index contributed by atoms with van der Waals surface area (Å²) in [5, 5.41) is 11.7. The molecule has 0 amide bonds. The number of rotatable bonds is 4. The molecule has 0 heterocycles. The van der Waals surface area contributed by atoms with Gasteiger partial charge in [0.1, 0.15) is 0 Å². The molecule has 0 atom stereocenters. The van der Waals surface area contributed by atoms with Gasteiger partial charge in [-0.3, -0.25) is 0 Å². The molecule has 0 aliphatic rings. The second-order valence-corrected chi connectivity index (χ2v) is 6.35. The minimum absolute atomic E-state index is 0. The fraction of sp³-hybridized carbons (Fsp3) is 0.125. The van der Waals surface area contributed by atoms with Crippen molar-refractivity contribution in [1.29, 1.82) is 0 Å². The van der Waals surface area contributed by atoms with Crippen LogP contribution in [0.1, 0.15) is 11.1 Å². The molecule has 0 N–H and O–H groups in total. The van der Waals surface area contributed by atoms with Crippen molar-refractivity contribution in [2.24, 2.45) is 0 Å². The number of hydrogen-bond acceptors (Lipinski definition) is 4. The SMILES string of the molecule is CO/C(=C(/[O-])c1ccccc1)S(=O)(=O)c1ccc(C)cc1.[K+]. The van der Waals surface area contributed by atoms with Crippen molar-refractivity contribution in [2.45, 2.75) is 11.8 Å². The molecule has 0 radical (unpaired) electrons. The molecular weight excluding hydrogens is 327 g/mol. The molecule has 0 aliphatic heterocycles. The summed E-state index contributed by atoms with van der Waals surface area (Å²) in [6.45, 7) is 1.85. The average Bonchev–Trinajstić information content (AvgIpc) is 2.49. The smallest absolute Gasteiger partial charge is 0.869 e. The Hall–Kier alpha value is -0.634. The van der Waals surface area contributed by atoms with Crippen LogP contribution in [0.3, 0.4) is 0 Å². The Morgan fingerprint density at radius 3 is 2.05 bits per heavy atom. The van der Waals surface area contributed by atoms with Crippen molar-refractivity contribution in [3.8, 4) is 0 Å². The molecular formula is C16H15KO4S. The van der Waals surface area contributed by atoms with Crippen molar-refractivity contribution in [2.75, 3.05) is 7.11 Å². The number of benzene rings is 2. The van der Waals surface area contributed by atoms with Gasteiger partial charge in [-0.05, 0) is 30.4 Å². The zero-order chi connectivity index (χ0) is 15.5. The molecule has 0 aliphatic carbocycles. The molecule has 4 nitrogen and oxygen atoms in total. The van der Waals surface area contributed by atoms with E-state index in [2.05, 4.69) is 0 Å². The van der Waals surface area contributed by atoms with Crippen LogP contribution in [0, 0.1) is 6.92 Å². The zero-order valence-corrected chi connectivity index (χ0v) is 16.7. The third-order valence-electron chi connectivity index (χ3n) is 2.98. The summed E-state index contributed by atoms with van der Waals surface area (Å²) in [7, 11) is -2.79. The zero-order valence-electron chi connectivity index (χ0n) is 12.7. The maximum absolute atomic E-state index is 12.5. The molecule has 2 aromatic carbocycles. The van der Waals surface area contributed by atoms with E-state index >= 15 is 0 Å². The van der Waals surface area contributed by atoms with Gasteiger partial charge in [0.15, 0.2) is 0 Å². The molecule has 0 bridgehead atoms. The number of ether oxygens (including phenoxy) is 1. The van der Waals surface area contributed by atoms with Crippen molar-refractivity contribution in [3.63, 3.8) is 0 Å². The number of sulfone groups is 1. The van der Waals surface area contributed by atoms with Crippen LogP contribution < -0.4 is 56.5 Å². The van der Waals surface area contributed by atoms with Gasteiger partial charge in [-0.25, -0.2) is 8.42 Å². The molecule has 0 saturated heterocycles. The Kier molecular flexibility index (Phi) is 7.31. The van der Waals surface area contributed by atoms with E-state index in [0.29, 0.717) is 0 Å². The van der Waals surface area contributed by atoms with Gasteiger partial charge in [-0.15, -0.1) is 0 Å². The van der Waals surface area contributed by atoms with Crippen LogP contribution in [0.5, 0.6) is 0 Å². The first-order chi connectivity index (χ1) is 9.96. The van der Waals surface area contributed by atoms with E-state index in [9.17, 15) is 13.5 Å². The summed E-state index contributed by atoms with van der Waals surface area (Å²) < 4.78 is 29.9. The summed E-state index contributed by atoms with van der Waals surface area (Å²) in [5.41, 5.74) is 1.20. The normalized spacial score (nSPS) is 12.1. The third-order valence-corrected chi connectivity index (χ3v) is 4.72. The van der Waals surface area contributed by atoms with Gasteiger partial charge in [0.05, 0.1) is 12.0 Å². The summed E-state index contributed by atoms with van der Waals surface area (Å²) >= 11 is 0. The predicted octanol–water partition coefficient (Wildman–Crippen LogP) is -0.894. The van der Waals surface area contributed by atoms with Crippen LogP contribution in [-0.4, -0.2) is 15.5 Å². The largest absolute Gasteiger partial charge is 1.00 e. The van der Waals surface area contributed by atoms with Crippen LogP contribution >= 0.6 is 0 Å². The van der Waals surface area contributed by atoms with Crippen molar-refractivity contribution < 1.29 is 69.6 Å². The van der Waals surface area contributed by atoms with Crippen molar-refractivity contribution >= 4 is 15.6 Å². The van der Waals surface area contributed by atoms with Crippen LogP contribution in [-0.2, 0) is 14.6 Å². The van der Waals surface area contributed by atoms with E-state index in [4.69, 9.17) is 4.74 Å². The molecule has 0 spiro atoms. The van der Waals surface area contributed by atoms with Gasteiger partial charge < -0.3 is 9.84 Å². The first kappa shape index (κ1) is 19.4. The first-order valence-electron chi connectivity index (χ1n) is 6.29.